The fourth-order valence-corrected chi connectivity index (χ4v) is 3.12. The molecule has 1 unspecified atom stereocenters. The summed E-state index contributed by atoms with van der Waals surface area (Å²) in [6.45, 7) is 0. The fourth-order valence-electron chi connectivity index (χ4n) is 3.12. The molecular formula is C26H22O2. The molecule has 0 aliphatic carbocycles. The number of para-hydroxylation sites is 1. The van der Waals surface area contributed by atoms with Crippen molar-refractivity contribution in [3.8, 4) is 17.2 Å². The topological polar surface area (TPSA) is 18.5 Å². The molecule has 0 aliphatic heterocycles. The average Bonchev–Trinajstić information content (AvgIpc) is 2.76. The summed E-state index contributed by atoms with van der Waals surface area (Å²) < 4.78 is 12.3. The van der Waals surface area contributed by atoms with Gasteiger partial charge in [-0.3, -0.25) is 0 Å². The van der Waals surface area contributed by atoms with Crippen molar-refractivity contribution in [1.29, 1.82) is 0 Å². The van der Waals surface area contributed by atoms with E-state index in [-0.39, 0.29) is 6.10 Å². The molecule has 4 aromatic carbocycles. The highest BCUT2D eigenvalue weighted by atomic mass is 16.5. The van der Waals surface area contributed by atoms with E-state index in [1.165, 1.54) is 5.56 Å². The summed E-state index contributed by atoms with van der Waals surface area (Å²) in [4.78, 5) is 0. The SMILES string of the molecule is c1ccc(CC(Oc2cccc(Oc3ccccc3)c2)c2ccccc2)cc1. The van der Waals surface area contributed by atoms with Crippen LogP contribution in [-0.4, -0.2) is 0 Å². The average molecular weight is 366 g/mol. The van der Waals surface area contributed by atoms with Gasteiger partial charge in [-0.2, -0.15) is 0 Å². The molecule has 0 spiro atoms. The Kier molecular flexibility index (Phi) is 5.69. The molecule has 4 aromatic rings. The summed E-state index contributed by atoms with van der Waals surface area (Å²) >= 11 is 0. The van der Waals surface area contributed by atoms with Crippen molar-refractivity contribution in [2.45, 2.75) is 12.5 Å². The summed E-state index contributed by atoms with van der Waals surface area (Å²) in [6, 6.07) is 38.3. The van der Waals surface area contributed by atoms with Crippen molar-refractivity contribution >= 4 is 0 Å². The minimum atomic E-state index is -0.0735. The highest BCUT2D eigenvalue weighted by molar-refractivity contribution is 5.37. The van der Waals surface area contributed by atoms with Crippen LogP contribution in [0, 0.1) is 0 Å². The van der Waals surface area contributed by atoms with Crippen molar-refractivity contribution < 1.29 is 9.47 Å². The maximum atomic E-state index is 6.40. The molecule has 0 saturated heterocycles. The second kappa shape index (κ2) is 8.92. The Morgan fingerprint density at radius 1 is 0.536 bits per heavy atom. The summed E-state index contributed by atoms with van der Waals surface area (Å²) in [6.07, 6.45) is 0.727. The third-order valence-electron chi connectivity index (χ3n) is 4.50. The van der Waals surface area contributed by atoms with Gasteiger partial charge in [0.2, 0.25) is 0 Å². The Hall–Kier alpha value is -3.52. The van der Waals surface area contributed by atoms with E-state index in [0.29, 0.717) is 0 Å². The number of benzene rings is 4. The Bertz CT molecular complexity index is 982. The molecule has 0 aromatic heterocycles. The predicted molar refractivity (Wildman–Crippen MR) is 113 cm³/mol. The number of hydrogen-bond donors (Lipinski definition) is 0. The van der Waals surface area contributed by atoms with Gasteiger partial charge in [-0.1, -0.05) is 84.9 Å². The van der Waals surface area contributed by atoms with Crippen LogP contribution in [0.3, 0.4) is 0 Å². The lowest BCUT2D eigenvalue weighted by atomic mass is 10.0. The lowest BCUT2D eigenvalue weighted by molar-refractivity contribution is 0.205. The quantitative estimate of drug-likeness (QED) is 0.356. The van der Waals surface area contributed by atoms with Crippen LogP contribution < -0.4 is 9.47 Å². The summed E-state index contributed by atoms with van der Waals surface area (Å²) in [5.74, 6) is 2.36. The normalized spacial score (nSPS) is 11.6. The van der Waals surface area contributed by atoms with Gasteiger partial charge in [0, 0.05) is 12.5 Å². The highest BCUT2D eigenvalue weighted by Gasteiger charge is 2.15. The third-order valence-corrected chi connectivity index (χ3v) is 4.50. The van der Waals surface area contributed by atoms with E-state index in [2.05, 4.69) is 36.4 Å². The van der Waals surface area contributed by atoms with Crippen molar-refractivity contribution in [3.05, 3.63) is 126 Å². The van der Waals surface area contributed by atoms with Crippen LogP contribution in [0.2, 0.25) is 0 Å². The molecule has 1 atom stereocenters. The Labute approximate surface area is 166 Å². The van der Waals surface area contributed by atoms with E-state index in [9.17, 15) is 0 Å². The molecule has 4 rings (SSSR count). The maximum absolute atomic E-state index is 6.40. The van der Waals surface area contributed by atoms with Gasteiger partial charge in [0.25, 0.3) is 0 Å². The molecule has 0 aliphatic rings. The van der Waals surface area contributed by atoms with Gasteiger partial charge < -0.3 is 9.47 Å². The van der Waals surface area contributed by atoms with Crippen LogP contribution in [0.5, 0.6) is 17.2 Å². The van der Waals surface area contributed by atoms with Gasteiger partial charge in [-0.25, -0.2) is 0 Å². The van der Waals surface area contributed by atoms with Crippen molar-refractivity contribution in [1.82, 2.24) is 0 Å². The van der Waals surface area contributed by atoms with E-state index in [1.807, 2.05) is 78.9 Å². The largest absolute Gasteiger partial charge is 0.485 e. The van der Waals surface area contributed by atoms with Crippen molar-refractivity contribution in [2.75, 3.05) is 0 Å². The van der Waals surface area contributed by atoms with Gasteiger partial charge in [0.05, 0.1) is 0 Å². The molecular weight excluding hydrogens is 344 g/mol. The summed E-state index contributed by atoms with van der Waals surface area (Å²) in [5, 5.41) is 0. The Morgan fingerprint density at radius 2 is 1.11 bits per heavy atom. The molecule has 0 fully saturated rings. The van der Waals surface area contributed by atoms with Crippen LogP contribution in [-0.2, 0) is 6.42 Å². The Balaban J connectivity index is 1.55. The van der Waals surface area contributed by atoms with E-state index in [1.54, 1.807) is 0 Å². The fraction of sp³-hybridized carbons (Fsp3) is 0.0769. The van der Waals surface area contributed by atoms with Crippen molar-refractivity contribution in [3.63, 3.8) is 0 Å². The molecule has 0 heterocycles. The minimum Gasteiger partial charge on any atom is -0.485 e. The molecule has 0 saturated carbocycles. The molecule has 0 amide bonds. The smallest absolute Gasteiger partial charge is 0.131 e. The number of hydrogen-bond acceptors (Lipinski definition) is 2. The number of rotatable bonds is 7. The first kappa shape index (κ1) is 17.9. The van der Waals surface area contributed by atoms with Crippen LogP contribution in [0.25, 0.3) is 0 Å². The van der Waals surface area contributed by atoms with E-state index >= 15 is 0 Å². The standard InChI is InChI=1S/C26H22O2/c1-4-11-21(12-5-1)19-26(22-13-6-2-7-14-22)28-25-18-10-17-24(20-25)27-23-15-8-3-9-16-23/h1-18,20,26H,19H2. The molecule has 0 radical (unpaired) electrons. The van der Waals surface area contributed by atoms with Gasteiger partial charge in [0.15, 0.2) is 0 Å². The van der Waals surface area contributed by atoms with Crippen molar-refractivity contribution in [2.24, 2.45) is 0 Å². The molecule has 2 heteroatoms. The van der Waals surface area contributed by atoms with E-state index in [4.69, 9.17) is 9.47 Å². The van der Waals surface area contributed by atoms with Crippen LogP contribution >= 0.6 is 0 Å². The summed E-state index contributed by atoms with van der Waals surface area (Å²) in [5.41, 5.74) is 2.40. The number of ether oxygens (including phenoxy) is 2. The van der Waals surface area contributed by atoms with Gasteiger partial charge in [0.1, 0.15) is 23.4 Å². The lowest BCUT2D eigenvalue weighted by Gasteiger charge is -2.20. The molecule has 138 valence electrons. The zero-order valence-corrected chi connectivity index (χ0v) is 15.6. The minimum absolute atomic E-state index is 0.0735. The second-order valence-electron chi connectivity index (χ2n) is 6.60. The first-order valence-corrected chi connectivity index (χ1v) is 9.45. The van der Waals surface area contributed by atoms with Crippen LogP contribution in [0.4, 0.5) is 0 Å². The lowest BCUT2D eigenvalue weighted by Crippen LogP contribution is -2.11. The first-order chi connectivity index (χ1) is 13.9. The maximum Gasteiger partial charge on any atom is 0.131 e. The zero-order valence-electron chi connectivity index (χ0n) is 15.6. The van der Waals surface area contributed by atoms with Gasteiger partial charge >= 0.3 is 0 Å². The van der Waals surface area contributed by atoms with Crippen LogP contribution in [0.15, 0.2) is 115 Å². The molecule has 2 nitrogen and oxygen atoms in total. The monoisotopic (exact) mass is 366 g/mol. The molecule has 28 heavy (non-hydrogen) atoms. The zero-order chi connectivity index (χ0) is 19.0. The molecule has 0 bridgehead atoms. The summed E-state index contributed by atoms with van der Waals surface area (Å²) in [7, 11) is 0. The first-order valence-electron chi connectivity index (χ1n) is 9.45. The van der Waals surface area contributed by atoms with E-state index < -0.39 is 0 Å². The van der Waals surface area contributed by atoms with Crippen LogP contribution in [0.1, 0.15) is 17.2 Å². The highest BCUT2D eigenvalue weighted by Crippen LogP contribution is 2.30. The second-order valence-corrected chi connectivity index (χ2v) is 6.60. The van der Waals surface area contributed by atoms with Gasteiger partial charge in [-0.15, -0.1) is 0 Å². The predicted octanol–water partition coefficient (Wildman–Crippen LogP) is 6.84. The third kappa shape index (κ3) is 4.80. The molecule has 0 N–H and O–H groups in total. The Morgan fingerprint density at radius 3 is 1.82 bits per heavy atom. The van der Waals surface area contributed by atoms with Gasteiger partial charge in [-0.05, 0) is 35.4 Å². The van der Waals surface area contributed by atoms with E-state index in [0.717, 1.165) is 29.2 Å².